The summed E-state index contributed by atoms with van der Waals surface area (Å²) in [6.07, 6.45) is 1.31. The minimum absolute atomic E-state index is 0.116. The lowest BCUT2D eigenvalue weighted by Gasteiger charge is -2.10. The van der Waals surface area contributed by atoms with Gasteiger partial charge < -0.3 is 10.8 Å². The molecule has 6 heteroatoms. The largest absolute Gasteiger partial charge is 0.396 e. The van der Waals surface area contributed by atoms with Crippen LogP contribution < -0.4 is 5.73 Å². The first-order valence-corrected chi connectivity index (χ1v) is 8.13. The lowest BCUT2D eigenvalue weighted by molar-refractivity contribution is 0.100. The molecule has 124 valence electrons. The number of hydrogen-bond acceptors (Lipinski definition) is 3. The van der Waals surface area contributed by atoms with Crippen LogP contribution in [0.15, 0.2) is 36.4 Å². The minimum Gasteiger partial charge on any atom is -0.396 e. The Balaban J connectivity index is 2.24. The van der Waals surface area contributed by atoms with E-state index < -0.39 is 5.91 Å². The van der Waals surface area contributed by atoms with Gasteiger partial charge in [-0.25, -0.2) is 4.98 Å². The van der Waals surface area contributed by atoms with Crippen LogP contribution >= 0.6 is 11.6 Å². The van der Waals surface area contributed by atoms with Crippen LogP contribution in [-0.2, 0) is 12.8 Å². The third-order valence-corrected chi connectivity index (χ3v) is 4.19. The smallest absolute Gasteiger partial charge is 0.251 e. The van der Waals surface area contributed by atoms with Crippen molar-refractivity contribution >= 4 is 28.5 Å². The van der Waals surface area contributed by atoms with Gasteiger partial charge in [-0.05, 0) is 36.2 Å². The van der Waals surface area contributed by atoms with E-state index >= 15 is 0 Å². The van der Waals surface area contributed by atoms with E-state index in [1.54, 1.807) is 12.1 Å². The third-order valence-electron chi connectivity index (χ3n) is 3.97. The maximum Gasteiger partial charge on any atom is 0.251 e. The number of aliphatic hydroxyl groups excluding tert-OH is 1. The summed E-state index contributed by atoms with van der Waals surface area (Å²) in [5.74, 6) is 0.276. The number of primary amides is 1. The number of benzene rings is 2. The summed E-state index contributed by atoms with van der Waals surface area (Å²) in [5.41, 5.74) is 9.08. The van der Waals surface area contributed by atoms with E-state index in [1.807, 2.05) is 35.8 Å². The van der Waals surface area contributed by atoms with Gasteiger partial charge in [-0.1, -0.05) is 30.7 Å². The molecule has 1 amide bonds. The van der Waals surface area contributed by atoms with Gasteiger partial charge in [0, 0.05) is 23.7 Å². The lowest BCUT2D eigenvalue weighted by atomic mass is 10.1. The van der Waals surface area contributed by atoms with Gasteiger partial charge in [0.2, 0.25) is 0 Å². The van der Waals surface area contributed by atoms with Crippen molar-refractivity contribution in [1.29, 1.82) is 0 Å². The molecule has 2 aromatic carbocycles. The highest BCUT2D eigenvalue weighted by Gasteiger charge is 2.17. The number of halogens is 1. The molecule has 0 aliphatic carbocycles. The van der Waals surface area contributed by atoms with Crippen molar-refractivity contribution in [2.75, 3.05) is 6.61 Å². The van der Waals surface area contributed by atoms with Crippen LogP contribution in [0.2, 0.25) is 5.02 Å². The van der Waals surface area contributed by atoms with Crippen LogP contribution in [0.4, 0.5) is 0 Å². The van der Waals surface area contributed by atoms with Crippen LogP contribution in [0.3, 0.4) is 0 Å². The van der Waals surface area contributed by atoms with E-state index in [4.69, 9.17) is 22.4 Å². The van der Waals surface area contributed by atoms with Crippen LogP contribution in [-0.4, -0.2) is 27.2 Å². The van der Waals surface area contributed by atoms with Crippen molar-refractivity contribution in [2.45, 2.75) is 19.8 Å². The zero-order valence-electron chi connectivity index (χ0n) is 13.3. The molecule has 1 aromatic heterocycles. The quantitative estimate of drug-likeness (QED) is 0.747. The van der Waals surface area contributed by atoms with Crippen molar-refractivity contribution in [3.05, 3.63) is 58.4 Å². The molecule has 1 heterocycles. The van der Waals surface area contributed by atoms with E-state index in [-0.39, 0.29) is 6.61 Å². The predicted octanol–water partition coefficient (Wildman–Crippen LogP) is 2.88. The number of fused-ring (bicyclic) bond motifs is 1. The summed E-state index contributed by atoms with van der Waals surface area (Å²) in [6, 6.07) is 11.2. The van der Waals surface area contributed by atoms with E-state index in [9.17, 15) is 4.79 Å². The Labute approximate surface area is 144 Å². The molecule has 0 aliphatic rings. The molecule has 0 radical (unpaired) electrons. The van der Waals surface area contributed by atoms with E-state index in [0.717, 1.165) is 22.6 Å². The summed E-state index contributed by atoms with van der Waals surface area (Å²) in [7, 11) is 0. The van der Waals surface area contributed by atoms with Crippen molar-refractivity contribution in [3.63, 3.8) is 0 Å². The number of nitrogens with zero attached hydrogens (tertiary/aromatic N) is 2. The van der Waals surface area contributed by atoms with Crippen LogP contribution in [0.5, 0.6) is 0 Å². The number of imidazole rings is 1. The number of aromatic nitrogens is 2. The number of carbonyl (C=O) groups excluding carboxylic acids is 1. The summed E-state index contributed by atoms with van der Waals surface area (Å²) < 4.78 is 1.98. The fourth-order valence-corrected chi connectivity index (χ4v) is 3.06. The fourth-order valence-electron chi connectivity index (χ4n) is 2.84. The zero-order chi connectivity index (χ0) is 17.3. The molecule has 5 nitrogen and oxygen atoms in total. The maximum absolute atomic E-state index is 11.7. The number of amides is 1. The third kappa shape index (κ3) is 2.88. The Morgan fingerprint density at radius 1 is 1.29 bits per heavy atom. The summed E-state index contributed by atoms with van der Waals surface area (Å²) in [4.78, 5) is 16.3. The normalized spacial score (nSPS) is 11.1. The number of aryl methyl sites for hydroxylation is 1. The molecule has 0 unspecified atom stereocenters. The van der Waals surface area contributed by atoms with Gasteiger partial charge in [0.25, 0.3) is 5.91 Å². The van der Waals surface area contributed by atoms with Crippen LogP contribution in [0, 0.1) is 0 Å². The molecular formula is C18H18ClN3O2. The molecule has 0 bridgehead atoms. The second-order valence-corrected chi connectivity index (χ2v) is 5.98. The van der Waals surface area contributed by atoms with Gasteiger partial charge in [0.05, 0.1) is 11.1 Å². The lowest BCUT2D eigenvalue weighted by Crippen LogP contribution is -2.11. The van der Waals surface area contributed by atoms with E-state index in [1.165, 1.54) is 0 Å². The molecule has 3 N–H and O–H groups in total. The zero-order valence-corrected chi connectivity index (χ0v) is 14.0. The number of aliphatic hydroxyl groups is 1. The molecule has 0 fully saturated rings. The standard InChI is InChI=1S/C18H18ClN3O2/c1-2-16-21-17-14(18(20)24)9-12(19)10-15(17)22(16)13-5-3-11(4-6-13)7-8-23/h3-6,9-10,23H,2,7-8H2,1H3,(H2,20,24). The Morgan fingerprint density at radius 3 is 2.58 bits per heavy atom. The Hall–Kier alpha value is -2.37. The fraction of sp³-hybridized carbons (Fsp3) is 0.222. The average Bonchev–Trinajstić information content (AvgIpc) is 2.93. The summed E-state index contributed by atoms with van der Waals surface area (Å²) >= 11 is 6.17. The number of nitrogens with two attached hydrogens (primary N) is 1. The number of hydrogen-bond donors (Lipinski definition) is 2. The van der Waals surface area contributed by atoms with Gasteiger partial charge in [-0.2, -0.15) is 0 Å². The molecule has 0 spiro atoms. The monoisotopic (exact) mass is 343 g/mol. The summed E-state index contributed by atoms with van der Waals surface area (Å²) in [6.45, 7) is 2.12. The van der Waals surface area contributed by atoms with Gasteiger partial charge >= 0.3 is 0 Å². The first kappa shape index (κ1) is 16.5. The Bertz CT molecular complexity index is 901. The van der Waals surface area contributed by atoms with E-state index in [0.29, 0.717) is 28.9 Å². The van der Waals surface area contributed by atoms with Crippen molar-refractivity contribution in [3.8, 4) is 5.69 Å². The SMILES string of the molecule is CCc1nc2c(C(N)=O)cc(Cl)cc2n1-c1ccc(CCO)cc1. The Morgan fingerprint density at radius 2 is 2.00 bits per heavy atom. The second-order valence-electron chi connectivity index (χ2n) is 5.54. The highest BCUT2D eigenvalue weighted by Crippen LogP contribution is 2.28. The van der Waals surface area contributed by atoms with Crippen LogP contribution in [0.25, 0.3) is 16.7 Å². The molecule has 3 aromatic rings. The van der Waals surface area contributed by atoms with E-state index in [2.05, 4.69) is 4.98 Å². The molecule has 0 aliphatic heterocycles. The van der Waals surface area contributed by atoms with Crippen molar-refractivity contribution in [1.82, 2.24) is 9.55 Å². The topological polar surface area (TPSA) is 81.1 Å². The number of carbonyl (C=O) groups is 1. The molecule has 0 atom stereocenters. The summed E-state index contributed by atoms with van der Waals surface area (Å²) in [5, 5.41) is 9.48. The van der Waals surface area contributed by atoms with Gasteiger partial charge in [0.1, 0.15) is 11.3 Å². The number of rotatable bonds is 5. The maximum atomic E-state index is 11.7. The average molecular weight is 344 g/mol. The molecule has 0 saturated carbocycles. The molecular weight excluding hydrogens is 326 g/mol. The highest BCUT2D eigenvalue weighted by molar-refractivity contribution is 6.32. The van der Waals surface area contributed by atoms with Crippen molar-refractivity contribution in [2.24, 2.45) is 5.73 Å². The van der Waals surface area contributed by atoms with Crippen LogP contribution in [0.1, 0.15) is 28.7 Å². The van der Waals surface area contributed by atoms with Crippen molar-refractivity contribution < 1.29 is 9.90 Å². The second kappa shape index (κ2) is 6.63. The molecule has 24 heavy (non-hydrogen) atoms. The predicted molar refractivity (Wildman–Crippen MR) is 94.8 cm³/mol. The first-order valence-electron chi connectivity index (χ1n) is 7.76. The molecule has 0 saturated heterocycles. The Kier molecular flexibility index (Phi) is 4.55. The highest BCUT2D eigenvalue weighted by atomic mass is 35.5. The first-order chi connectivity index (χ1) is 11.5. The van der Waals surface area contributed by atoms with Gasteiger partial charge in [-0.15, -0.1) is 0 Å². The minimum atomic E-state index is -0.548. The molecule has 3 rings (SSSR count). The van der Waals surface area contributed by atoms with Gasteiger partial charge in [0.15, 0.2) is 0 Å². The van der Waals surface area contributed by atoms with Gasteiger partial charge in [-0.3, -0.25) is 9.36 Å².